The molecule has 0 unspecified atom stereocenters. The average Bonchev–Trinajstić information content (AvgIpc) is 2.46. The van der Waals surface area contributed by atoms with Gasteiger partial charge in [0, 0.05) is 11.3 Å². The molecule has 0 bridgehead atoms. The molecule has 0 atom stereocenters. The standard InChI is InChI=1S/C21H27NO/c1-20(2,3)16-12-10-15(11-13-16)19(23)22-18-9-7-8-17(14-18)21(4,5)6/h7-14H,1-6H3,(H,22,23). The van der Waals surface area contributed by atoms with Gasteiger partial charge in [-0.3, -0.25) is 4.79 Å². The van der Waals surface area contributed by atoms with Crippen LogP contribution in [0.15, 0.2) is 48.5 Å². The summed E-state index contributed by atoms with van der Waals surface area (Å²) in [6, 6.07) is 15.9. The molecule has 1 N–H and O–H groups in total. The van der Waals surface area contributed by atoms with E-state index >= 15 is 0 Å². The first-order valence-corrected chi connectivity index (χ1v) is 8.10. The van der Waals surface area contributed by atoms with Crippen LogP contribution in [0.25, 0.3) is 0 Å². The summed E-state index contributed by atoms with van der Waals surface area (Å²) in [5.41, 5.74) is 4.11. The summed E-state index contributed by atoms with van der Waals surface area (Å²) in [6.07, 6.45) is 0. The molecule has 2 aromatic carbocycles. The van der Waals surface area contributed by atoms with Gasteiger partial charge in [0.25, 0.3) is 5.91 Å². The summed E-state index contributed by atoms with van der Waals surface area (Å²) < 4.78 is 0. The van der Waals surface area contributed by atoms with Gasteiger partial charge in [0.15, 0.2) is 0 Å². The summed E-state index contributed by atoms with van der Waals surface area (Å²) in [5, 5.41) is 2.99. The molecule has 0 saturated heterocycles. The fraction of sp³-hybridized carbons (Fsp3) is 0.381. The number of amides is 1. The summed E-state index contributed by atoms with van der Waals surface area (Å²) in [6.45, 7) is 13.0. The van der Waals surface area contributed by atoms with Crippen molar-refractivity contribution >= 4 is 11.6 Å². The van der Waals surface area contributed by atoms with Gasteiger partial charge in [-0.1, -0.05) is 65.8 Å². The fourth-order valence-electron chi connectivity index (χ4n) is 2.39. The van der Waals surface area contributed by atoms with Crippen molar-refractivity contribution in [2.75, 3.05) is 5.32 Å². The molecule has 2 nitrogen and oxygen atoms in total. The molecule has 1 amide bonds. The zero-order valence-electron chi connectivity index (χ0n) is 15.0. The third-order valence-electron chi connectivity index (χ3n) is 4.00. The van der Waals surface area contributed by atoms with Crippen molar-refractivity contribution in [3.63, 3.8) is 0 Å². The first-order valence-electron chi connectivity index (χ1n) is 8.10. The van der Waals surface area contributed by atoms with Gasteiger partial charge in [-0.15, -0.1) is 0 Å². The molecule has 23 heavy (non-hydrogen) atoms. The van der Waals surface area contributed by atoms with Crippen molar-refractivity contribution in [1.29, 1.82) is 0 Å². The summed E-state index contributed by atoms with van der Waals surface area (Å²) in [4.78, 5) is 12.4. The first kappa shape index (κ1) is 17.3. The normalized spacial score (nSPS) is 12.1. The van der Waals surface area contributed by atoms with Crippen molar-refractivity contribution in [3.05, 3.63) is 65.2 Å². The average molecular weight is 309 g/mol. The van der Waals surface area contributed by atoms with Crippen LogP contribution >= 0.6 is 0 Å². The molecule has 0 spiro atoms. The summed E-state index contributed by atoms with van der Waals surface area (Å²) in [7, 11) is 0. The van der Waals surface area contributed by atoms with Crippen molar-refractivity contribution in [1.82, 2.24) is 0 Å². The predicted molar refractivity (Wildman–Crippen MR) is 98.2 cm³/mol. The van der Waals surface area contributed by atoms with E-state index in [1.165, 1.54) is 11.1 Å². The van der Waals surface area contributed by atoms with Gasteiger partial charge in [0.1, 0.15) is 0 Å². The van der Waals surface area contributed by atoms with Gasteiger partial charge in [-0.2, -0.15) is 0 Å². The highest BCUT2D eigenvalue weighted by atomic mass is 16.1. The van der Waals surface area contributed by atoms with Crippen LogP contribution in [0.5, 0.6) is 0 Å². The van der Waals surface area contributed by atoms with Crippen molar-refractivity contribution in [2.45, 2.75) is 52.4 Å². The van der Waals surface area contributed by atoms with E-state index in [1.807, 2.05) is 42.5 Å². The Labute approximate surface area is 139 Å². The zero-order chi connectivity index (χ0) is 17.3. The molecular weight excluding hydrogens is 282 g/mol. The molecule has 0 aromatic heterocycles. The van der Waals surface area contributed by atoms with Crippen molar-refractivity contribution < 1.29 is 4.79 Å². The highest BCUT2D eigenvalue weighted by Crippen LogP contribution is 2.25. The molecule has 2 heteroatoms. The smallest absolute Gasteiger partial charge is 0.255 e. The number of nitrogens with one attached hydrogen (secondary N) is 1. The van der Waals surface area contributed by atoms with Gasteiger partial charge in [0.2, 0.25) is 0 Å². The lowest BCUT2D eigenvalue weighted by Gasteiger charge is -2.20. The van der Waals surface area contributed by atoms with Crippen LogP contribution in [-0.2, 0) is 10.8 Å². The Bertz CT molecular complexity index is 685. The number of hydrogen-bond donors (Lipinski definition) is 1. The number of hydrogen-bond acceptors (Lipinski definition) is 1. The topological polar surface area (TPSA) is 29.1 Å². The van der Waals surface area contributed by atoms with Crippen LogP contribution < -0.4 is 5.32 Å². The van der Waals surface area contributed by atoms with Crippen molar-refractivity contribution in [3.8, 4) is 0 Å². The lowest BCUT2D eigenvalue weighted by atomic mass is 9.86. The number of benzene rings is 2. The lowest BCUT2D eigenvalue weighted by Crippen LogP contribution is -2.15. The van der Waals surface area contributed by atoms with Crippen LogP contribution in [0.4, 0.5) is 5.69 Å². The fourth-order valence-corrected chi connectivity index (χ4v) is 2.39. The molecule has 0 heterocycles. The molecule has 2 aromatic rings. The molecule has 0 fully saturated rings. The molecular formula is C21H27NO. The number of anilines is 1. The molecule has 0 aliphatic rings. The maximum absolute atomic E-state index is 12.4. The second kappa shape index (κ2) is 6.19. The number of carbonyl (C=O) groups excluding carboxylic acids is 1. The third kappa shape index (κ3) is 4.44. The Morgan fingerprint density at radius 1 is 0.783 bits per heavy atom. The largest absolute Gasteiger partial charge is 0.322 e. The minimum atomic E-state index is -0.0727. The summed E-state index contributed by atoms with van der Waals surface area (Å²) in [5.74, 6) is -0.0727. The van der Waals surface area contributed by atoms with E-state index in [-0.39, 0.29) is 16.7 Å². The maximum atomic E-state index is 12.4. The Kier molecular flexibility index (Phi) is 4.65. The monoisotopic (exact) mass is 309 g/mol. The van der Waals surface area contributed by atoms with Gasteiger partial charge in [0.05, 0.1) is 0 Å². The van der Waals surface area contributed by atoms with Crippen LogP contribution in [0, 0.1) is 0 Å². The SMILES string of the molecule is CC(C)(C)c1ccc(C(=O)Nc2cccc(C(C)(C)C)c2)cc1. The van der Waals surface area contributed by atoms with Gasteiger partial charge >= 0.3 is 0 Å². The van der Waals surface area contributed by atoms with E-state index in [0.717, 1.165) is 5.69 Å². The van der Waals surface area contributed by atoms with Crippen LogP contribution in [-0.4, -0.2) is 5.91 Å². The Hall–Kier alpha value is -2.09. The van der Waals surface area contributed by atoms with Crippen LogP contribution in [0.1, 0.15) is 63.0 Å². The van der Waals surface area contributed by atoms with E-state index in [4.69, 9.17) is 0 Å². The summed E-state index contributed by atoms with van der Waals surface area (Å²) >= 11 is 0. The van der Waals surface area contributed by atoms with Crippen LogP contribution in [0.3, 0.4) is 0 Å². The molecule has 0 radical (unpaired) electrons. The second-order valence-corrected chi connectivity index (χ2v) is 8.11. The number of rotatable bonds is 2. The third-order valence-corrected chi connectivity index (χ3v) is 4.00. The molecule has 0 saturated carbocycles. The van der Waals surface area contributed by atoms with Gasteiger partial charge < -0.3 is 5.32 Å². The zero-order valence-corrected chi connectivity index (χ0v) is 15.0. The predicted octanol–water partition coefficient (Wildman–Crippen LogP) is 5.53. The maximum Gasteiger partial charge on any atom is 0.255 e. The van der Waals surface area contributed by atoms with E-state index in [9.17, 15) is 4.79 Å². The van der Waals surface area contributed by atoms with E-state index < -0.39 is 0 Å². The second-order valence-electron chi connectivity index (χ2n) is 8.11. The van der Waals surface area contributed by atoms with Gasteiger partial charge in [-0.25, -0.2) is 0 Å². The molecule has 0 aliphatic heterocycles. The Morgan fingerprint density at radius 2 is 1.35 bits per heavy atom. The number of carbonyl (C=O) groups is 1. The minimum absolute atomic E-state index is 0.0646. The molecule has 0 aliphatic carbocycles. The highest BCUT2D eigenvalue weighted by Gasteiger charge is 2.16. The highest BCUT2D eigenvalue weighted by molar-refractivity contribution is 6.04. The molecule has 2 rings (SSSR count). The quantitative estimate of drug-likeness (QED) is 0.776. The van der Waals surface area contributed by atoms with Crippen molar-refractivity contribution in [2.24, 2.45) is 0 Å². The Morgan fingerprint density at radius 3 is 1.87 bits per heavy atom. The molecule has 122 valence electrons. The van der Waals surface area contributed by atoms with E-state index in [0.29, 0.717) is 5.56 Å². The first-order chi connectivity index (χ1) is 10.6. The van der Waals surface area contributed by atoms with Gasteiger partial charge in [-0.05, 0) is 46.2 Å². The Balaban J connectivity index is 2.16. The van der Waals surface area contributed by atoms with Crippen LogP contribution in [0.2, 0.25) is 0 Å². The lowest BCUT2D eigenvalue weighted by molar-refractivity contribution is 0.102. The van der Waals surface area contributed by atoms with E-state index in [1.54, 1.807) is 0 Å². The minimum Gasteiger partial charge on any atom is -0.322 e. The van der Waals surface area contributed by atoms with E-state index in [2.05, 4.69) is 52.9 Å².